The van der Waals surface area contributed by atoms with Gasteiger partial charge in [0.2, 0.25) is 0 Å². The van der Waals surface area contributed by atoms with Gasteiger partial charge in [-0.1, -0.05) is 38.2 Å². The largest absolute Gasteiger partial charge is 0.348 e. The molecule has 32 heavy (non-hydrogen) atoms. The van der Waals surface area contributed by atoms with E-state index in [1.54, 1.807) is 23.9 Å². The highest BCUT2D eigenvalue weighted by Crippen LogP contribution is 2.31. The number of imidazole rings is 1. The van der Waals surface area contributed by atoms with E-state index in [9.17, 15) is 9.59 Å². The Morgan fingerprint density at radius 1 is 1.00 bits per heavy atom. The van der Waals surface area contributed by atoms with Gasteiger partial charge in [-0.25, -0.2) is 14.8 Å². The summed E-state index contributed by atoms with van der Waals surface area (Å²) in [6, 6.07) is 7.76. The molecule has 2 fully saturated rings. The van der Waals surface area contributed by atoms with Crippen LogP contribution in [0.15, 0.2) is 35.3 Å². The number of carbonyl (C=O) groups excluding carboxylic acids is 1. The van der Waals surface area contributed by atoms with Gasteiger partial charge in [-0.3, -0.25) is 13.9 Å². The van der Waals surface area contributed by atoms with E-state index >= 15 is 0 Å². The zero-order chi connectivity index (χ0) is 22.1. The van der Waals surface area contributed by atoms with Gasteiger partial charge in [0.05, 0.1) is 17.2 Å². The van der Waals surface area contributed by atoms with Crippen molar-refractivity contribution < 1.29 is 4.79 Å². The van der Waals surface area contributed by atoms with Crippen molar-refractivity contribution >= 4 is 28.6 Å². The first-order chi connectivity index (χ1) is 15.6. The third-order valence-electron chi connectivity index (χ3n) is 6.84. The molecule has 0 spiro atoms. The van der Waals surface area contributed by atoms with Crippen LogP contribution in [0.3, 0.4) is 0 Å². The molecule has 5 rings (SSSR count). The van der Waals surface area contributed by atoms with Gasteiger partial charge in [-0.05, 0) is 37.8 Å². The van der Waals surface area contributed by atoms with Crippen molar-refractivity contribution in [2.24, 2.45) is 7.05 Å². The number of hydrogen-bond donors (Lipinski definition) is 2. The van der Waals surface area contributed by atoms with Crippen LogP contribution in [0.4, 0.5) is 11.6 Å². The minimum atomic E-state index is -0.137. The molecule has 0 radical (unpaired) electrons. The number of carbonyl (C=O) groups is 1. The second-order valence-corrected chi connectivity index (χ2v) is 9.05. The predicted molar refractivity (Wildman–Crippen MR) is 124 cm³/mol. The number of nitrogens with one attached hydrogen (secondary N) is 2. The fourth-order valence-corrected chi connectivity index (χ4v) is 5.11. The highest BCUT2D eigenvalue weighted by atomic mass is 16.2. The number of aromatic nitrogens is 4. The molecule has 0 unspecified atom stereocenters. The van der Waals surface area contributed by atoms with Gasteiger partial charge in [0, 0.05) is 25.2 Å². The minimum Gasteiger partial charge on any atom is -0.348 e. The van der Waals surface area contributed by atoms with Gasteiger partial charge < -0.3 is 10.6 Å². The number of pyridine rings is 2. The Morgan fingerprint density at radius 2 is 1.75 bits per heavy atom. The third kappa shape index (κ3) is 4.01. The number of anilines is 2. The first-order valence-electron chi connectivity index (χ1n) is 11.7. The van der Waals surface area contributed by atoms with E-state index in [4.69, 9.17) is 0 Å². The second-order valence-electron chi connectivity index (χ2n) is 9.05. The lowest BCUT2D eigenvalue weighted by Crippen LogP contribution is -2.36. The molecule has 0 aliphatic heterocycles. The molecule has 2 N–H and O–H groups in total. The molecule has 3 heterocycles. The number of hydrogen-bond acceptors (Lipinski definition) is 5. The first kappa shape index (κ1) is 20.7. The first-order valence-corrected chi connectivity index (χ1v) is 11.7. The smallest absolute Gasteiger partial charge is 0.329 e. The normalized spacial score (nSPS) is 17.7. The summed E-state index contributed by atoms with van der Waals surface area (Å²) in [5.41, 5.74) is 2.10. The molecule has 3 aromatic heterocycles. The van der Waals surface area contributed by atoms with Crippen molar-refractivity contribution in [1.82, 2.24) is 24.4 Å². The van der Waals surface area contributed by atoms with Crippen molar-refractivity contribution in [2.75, 3.05) is 5.32 Å². The van der Waals surface area contributed by atoms with Crippen molar-refractivity contribution in [3.8, 4) is 0 Å². The fraction of sp³-hybridized carbons (Fsp3) is 0.500. The molecule has 8 nitrogen and oxygen atoms in total. The van der Waals surface area contributed by atoms with Crippen LogP contribution in [0.2, 0.25) is 0 Å². The average molecular weight is 435 g/mol. The van der Waals surface area contributed by atoms with Crippen LogP contribution in [0, 0.1) is 0 Å². The van der Waals surface area contributed by atoms with E-state index in [0.717, 1.165) is 49.6 Å². The molecule has 8 heteroatoms. The van der Waals surface area contributed by atoms with Crippen molar-refractivity contribution in [2.45, 2.75) is 69.9 Å². The van der Waals surface area contributed by atoms with Crippen LogP contribution in [0.5, 0.6) is 0 Å². The lowest BCUT2D eigenvalue weighted by atomic mass is 9.95. The maximum absolute atomic E-state index is 12.8. The molecule has 0 bridgehead atoms. The van der Waals surface area contributed by atoms with Crippen LogP contribution >= 0.6 is 0 Å². The van der Waals surface area contributed by atoms with Gasteiger partial charge in [-0.15, -0.1) is 0 Å². The van der Waals surface area contributed by atoms with Crippen molar-refractivity contribution in [3.05, 3.63) is 46.6 Å². The minimum absolute atomic E-state index is 0.00496. The number of rotatable bonds is 5. The maximum atomic E-state index is 12.8. The Morgan fingerprint density at radius 3 is 2.53 bits per heavy atom. The summed E-state index contributed by atoms with van der Waals surface area (Å²) in [6.07, 6.45) is 11.8. The van der Waals surface area contributed by atoms with Gasteiger partial charge in [0.15, 0.2) is 0 Å². The number of fused-ring (bicyclic) bond motifs is 1. The Balaban J connectivity index is 1.38. The summed E-state index contributed by atoms with van der Waals surface area (Å²) in [4.78, 5) is 34.5. The quantitative estimate of drug-likeness (QED) is 0.632. The third-order valence-corrected chi connectivity index (χ3v) is 6.84. The zero-order valence-corrected chi connectivity index (χ0v) is 18.5. The van der Waals surface area contributed by atoms with Gasteiger partial charge in [0.25, 0.3) is 5.91 Å². The molecular formula is C24H30N6O2. The average Bonchev–Trinajstić information content (AvgIpc) is 3.41. The highest BCUT2D eigenvalue weighted by Gasteiger charge is 2.23. The molecule has 0 saturated heterocycles. The Kier molecular flexibility index (Phi) is 5.68. The van der Waals surface area contributed by atoms with Gasteiger partial charge in [0.1, 0.15) is 17.3 Å². The topological polar surface area (TPSA) is 93.8 Å². The Labute approximate surface area is 187 Å². The molecule has 1 amide bonds. The molecule has 3 aromatic rings. The standard InChI is InChI=1S/C24H30N6O2/c1-29-20-15-25-22(14-19(20)30(24(29)32)17-10-5-6-11-17)28-21-13-7-12-18(27-21)23(31)26-16-8-3-2-4-9-16/h7,12-17H,2-6,8-11H2,1H3,(H,26,31)(H,25,27,28). The predicted octanol–water partition coefficient (Wildman–Crippen LogP) is 4.05. The fourth-order valence-electron chi connectivity index (χ4n) is 5.11. The van der Waals surface area contributed by atoms with E-state index in [1.165, 1.54) is 19.3 Å². The number of nitrogens with zero attached hydrogens (tertiary/aromatic N) is 4. The van der Waals surface area contributed by atoms with E-state index in [1.807, 2.05) is 22.8 Å². The molecule has 168 valence electrons. The van der Waals surface area contributed by atoms with Crippen LogP contribution in [0.25, 0.3) is 11.0 Å². The summed E-state index contributed by atoms with van der Waals surface area (Å²) in [5, 5.41) is 6.33. The molecule has 2 aliphatic rings. The van der Waals surface area contributed by atoms with Crippen LogP contribution in [0.1, 0.15) is 74.3 Å². The monoisotopic (exact) mass is 434 g/mol. The summed E-state index contributed by atoms with van der Waals surface area (Å²) in [5.74, 6) is 1.02. The van der Waals surface area contributed by atoms with Crippen LogP contribution in [-0.4, -0.2) is 31.1 Å². The summed E-state index contributed by atoms with van der Waals surface area (Å²) in [6.45, 7) is 0. The molecule has 0 atom stereocenters. The Bertz CT molecular complexity index is 1180. The Hall–Kier alpha value is -3.16. The summed E-state index contributed by atoms with van der Waals surface area (Å²) < 4.78 is 3.58. The van der Waals surface area contributed by atoms with E-state index in [2.05, 4.69) is 20.6 Å². The van der Waals surface area contributed by atoms with Crippen molar-refractivity contribution in [1.29, 1.82) is 0 Å². The van der Waals surface area contributed by atoms with Crippen LogP contribution < -0.4 is 16.3 Å². The van der Waals surface area contributed by atoms with E-state index in [0.29, 0.717) is 17.3 Å². The zero-order valence-electron chi connectivity index (χ0n) is 18.5. The lowest BCUT2D eigenvalue weighted by molar-refractivity contribution is 0.0923. The maximum Gasteiger partial charge on any atom is 0.329 e. The van der Waals surface area contributed by atoms with Crippen molar-refractivity contribution in [3.63, 3.8) is 0 Å². The second kappa shape index (κ2) is 8.76. The van der Waals surface area contributed by atoms with Crippen LogP contribution in [-0.2, 0) is 7.05 Å². The lowest BCUT2D eigenvalue weighted by Gasteiger charge is -2.22. The molecule has 2 saturated carbocycles. The van der Waals surface area contributed by atoms with E-state index < -0.39 is 0 Å². The number of aryl methyl sites for hydroxylation is 1. The molecule has 0 aromatic carbocycles. The van der Waals surface area contributed by atoms with E-state index in [-0.39, 0.29) is 23.7 Å². The SMILES string of the molecule is Cn1c(=O)n(C2CCCC2)c2cc(Nc3cccc(C(=O)NC4CCCCC4)n3)ncc21. The molecular weight excluding hydrogens is 404 g/mol. The van der Waals surface area contributed by atoms with Gasteiger partial charge in [-0.2, -0.15) is 0 Å². The molecule has 2 aliphatic carbocycles. The highest BCUT2D eigenvalue weighted by molar-refractivity contribution is 5.93. The van der Waals surface area contributed by atoms with Gasteiger partial charge >= 0.3 is 5.69 Å². The summed E-state index contributed by atoms with van der Waals surface area (Å²) in [7, 11) is 1.79. The summed E-state index contributed by atoms with van der Waals surface area (Å²) >= 11 is 0. The number of amides is 1.